The van der Waals surface area contributed by atoms with Crippen LogP contribution in [0, 0.1) is 0 Å². The van der Waals surface area contributed by atoms with Gasteiger partial charge in [-0.1, -0.05) is 0 Å². The molecule has 0 aromatic rings. The fraction of sp³-hybridized carbons (Fsp3) is 0.667. The number of rotatable bonds is 2. The van der Waals surface area contributed by atoms with Crippen LogP contribution in [-0.2, 0) is 14.3 Å². The van der Waals surface area contributed by atoms with Gasteiger partial charge in [0.15, 0.2) is 0 Å². The lowest BCUT2D eigenvalue weighted by Crippen LogP contribution is -2.20. The number of hydrogen-bond donors (Lipinski definition) is 1. The maximum atomic E-state index is 10.4. The van der Waals surface area contributed by atoms with E-state index in [0.717, 1.165) is 0 Å². The molecular weight excluding hydrogens is 136 g/mol. The van der Waals surface area contributed by atoms with Crippen LogP contribution < -0.4 is 0 Å². The van der Waals surface area contributed by atoms with E-state index in [1.807, 2.05) is 0 Å². The molecule has 0 saturated carbocycles. The van der Waals surface area contributed by atoms with Crippen LogP contribution in [0.5, 0.6) is 0 Å². The molecule has 1 saturated heterocycles. The van der Waals surface area contributed by atoms with Crippen LogP contribution in [0.15, 0.2) is 0 Å². The van der Waals surface area contributed by atoms with Crippen LogP contribution in [0.3, 0.4) is 0 Å². The minimum absolute atomic E-state index is 0.0124. The Kier molecular flexibility index (Phi) is 2.01. The lowest BCUT2D eigenvalue weighted by atomic mass is 10.1. The topological polar surface area (TPSA) is 63.6 Å². The summed E-state index contributed by atoms with van der Waals surface area (Å²) in [5.74, 6) is -0.431. The van der Waals surface area contributed by atoms with Crippen LogP contribution >= 0.6 is 0 Å². The van der Waals surface area contributed by atoms with Gasteiger partial charge < -0.3 is 14.6 Å². The molecule has 0 bridgehead atoms. The highest BCUT2D eigenvalue weighted by Gasteiger charge is 2.32. The van der Waals surface area contributed by atoms with Gasteiger partial charge >= 0.3 is 5.97 Å². The van der Waals surface area contributed by atoms with E-state index in [4.69, 9.17) is 5.11 Å². The number of carbonyl (C=O) groups excluding carboxylic acids is 2. The van der Waals surface area contributed by atoms with E-state index in [-0.39, 0.29) is 12.8 Å². The van der Waals surface area contributed by atoms with Crippen molar-refractivity contribution >= 4 is 12.3 Å². The summed E-state index contributed by atoms with van der Waals surface area (Å²) in [6.45, 7) is 0. The van der Waals surface area contributed by atoms with Crippen molar-refractivity contribution < 1.29 is 19.4 Å². The summed E-state index contributed by atoms with van der Waals surface area (Å²) in [5.41, 5.74) is 0. The van der Waals surface area contributed by atoms with Gasteiger partial charge in [-0.15, -0.1) is 0 Å². The Hall–Kier alpha value is -0.900. The van der Waals surface area contributed by atoms with E-state index in [0.29, 0.717) is 6.29 Å². The third kappa shape index (κ3) is 1.33. The third-order valence-electron chi connectivity index (χ3n) is 1.42. The molecule has 10 heavy (non-hydrogen) atoms. The molecule has 0 aromatic heterocycles. The zero-order valence-corrected chi connectivity index (χ0v) is 5.32. The van der Waals surface area contributed by atoms with Crippen LogP contribution in [0.4, 0.5) is 0 Å². The molecule has 0 aromatic carbocycles. The first-order valence-electron chi connectivity index (χ1n) is 3.05. The summed E-state index contributed by atoms with van der Waals surface area (Å²) in [7, 11) is 0. The molecule has 1 N–H and O–H groups in total. The van der Waals surface area contributed by atoms with Crippen LogP contribution in [0.1, 0.15) is 12.8 Å². The molecule has 4 nitrogen and oxygen atoms in total. The monoisotopic (exact) mass is 144 g/mol. The molecular formula is C6H8O4. The normalized spacial score (nSPS) is 31.9. The fourth-order valence-electron chi connectivity index (χ4n) is 0.898. The first-order valence-corrected chi connectivity index (χ1v) is 3.05. The molecule has 0 amide bonds. The number of ether oxygens (including phenoxy) is 1. The summed E-state index contributed by atoms with van der Waals surface area (Å²) >= 11 is 0. The van der Waals surface area contributed by atoms with Crippen molar-refractivity contribution in [2.24, 2.45) is 0 Å². The van der Waals surface area contributed by atoms with Gasteiger partial charge in [0, 0.05) is 6.42 Å². The Morgan fingerprint density at radius 3 is 2.90 bits per heavy atom. The number of esters is 1. The first kappa shape index (κ1) is 7.21. The van der Waals surface area contributed by atoms with Gasteiger partial charge in [0.25, 0.3) is 0 Å². The molecule has 2 unspecified atom stereocenters. The fourth-order valence-corrected chi connectivity index (χ4v) is 0.898. The quantitative estimate of drug-likeness (QED) is 0.409. The van der Waals surface area contributed by atoms with Crippen molar-refractivity contribution in [1.29, 1.82) is 0 Å². The van der Waals surface area contributed by atoms with Crippen LogP contribution in [0.2, 0.25) is 0 Å². The number of aliphatic hydroxyl groups excluding tert-OH is 1. The smallest absolute Gasteiger partial charge is 0.308 e. The van der Waals surface area contributed by atoms with Crippen molar-refractivity contribution in [3.05, 3.63) is 0 Å². The van der Waals surface area contributed by atoms with Crippen LogP contribution in [0.25, 0.3) is 0 Å². The third-order valence-corrected chi connectivity index (χ3v) is 1.42. The lowest BCUT2D eigenvalue weighted by Gasteiger charge is -2.07. The summed E-state index contributed by atoms with van der Waals surface area (Å²) < 4.78 is 4.59. The van der Waals surface area contributed by atoms with Gasteiger partial charge in [0.2, 0.25) is 0 Å². The SMILES string of the molecule is O=CCC1OC(=O)CC1O. The highest BCUT2D eigenvalue weighted by molar-refractivity contribution is 5.73. The van der Waals surface area contributed by atoms with Crippen molar-refractivity contribution in [3.8, 4) is 0 Å². The molecule has 0 aliphatic carbocycles. The predicted octanol–water partition coefficient (Wildman–Crippen LogP) is -0.748. The minimum Gasteiger partial charge on any atom is -0.459 e. The van der Waals surface area contributed by atoms with E-state index in [1.165, 1.54) is 0 Å². The lowest BCUT2D eigenvalue weighted by molar-refractivity contribution is -0.142. The molecule has 1 aliphatic heterocycles. The molecule has 0 spiro atoms. The number of aliphatic hydroxyl groups is 1. The minimum atomic E-state index is -0.794. The second-order valence-electron chi connectivity index (χ2n) is 2.20. The maximum absolute atomic E-state index is 10.4. The second kappa shape index (κ2) is 2.79. The Balaban J connectivity index is 2.45. The average Bonchev–Trinajstić information content (AvgIpc) is 2.13. The summed E-state index contributed by atoms with van der Waals surface area (Å²) in [5, 5.41) is 8.99. The Bertz CT molecular complexity index is 154. The molecule has 2 atom stereocenters. The molecule has 1 fully saturated rings. The van der Waals surface area contributed by atoms with Gasteiger partial charge in [-0.2, -0.15) is 0 Å². The van der Waals surface area contributed by atoms with E-state index in [9.17, 15) is 9.59 Å². The molecule has 1 aliphatic rings. The molecule has 0 radical (unpaired) electrons. The number of hydrogen-bond acceptors (Lipinski definition) is 4. The Morgan fingerprint density at radius 1 is 1.80 bits per heavy atom. The van der Waals surface area contributed by atoms with Crippen LogP contribution in [-0.4, -0.2) is 29.6 Å². The Labute approximate surface area is 57.8 Å². The van der Waals surface area contributed by atoms with Gasteiger partial charge in [0.1, 0.15) is 18.5 Å². The van der Waals surface area contributed by atoms with Gasteiger partial charge in [-0.05, 0) is 0 Å². The summed E-state index contributed by atoms with van der Waals surface area (Å²) in [6.07, 6.45) is -0.666. The van der Waals surface area contributed by atoms with Gasteiger partial charge in [0.05, 0.1) is 6.42 Å². The molecule has 56 valence electrons. The zero-order valence-electron chi connectivity index (χ0n) is 5.32. The van der Waals surface area contributed by atoms with E-state index >= 15 is 0 Å². The van der Waals surface area contributed by atoms with Crippen molar-refractivity contribution in [1.82, 2.24) is 0 Å². The van der Waals surface area contributed by atoms with Crippen molar-refractivity contribution in [2.45, 2.75) is 25.0 Å². The van der Waals surface area contributed by atoms with Crippen molar-refractivity contribution in [3.63, 3.8) is 0 Å². The van der Waals surface area contributed by atoms with E-state index in [2.05, 4.69) is 4.74 Å². The van der Waals surface area contributed by atoms with E-state index < -0.39 is 18.2 Å². The first-order chi connectivity index (χ1) is 4.74. The zero-order chi connectivity index (χ0) is 7.56. The highest BCUT2D eigenvalue weighted by atomic mass is 16.6. The second-order valence-corrected chi connectivity index (χ2v) is 2.20. The molecule has 1 heterocycles. The number of cyclic esters (lactones) is 1. The molecule has 1 rings (SSSR count). The average molecular weight is 144 g/mol. The van der Waals surface area contributed by atoms with E-state index in [1.54, 1.807) is 0 Å². The standard InChI is InChI=1S/C6H8O4/c7-2-1-5-4(8)3-6(9)10-5/h2,4-5,8H,1,3H2. The largest absolute Gasteiger partial charge is 0.459 e. The highest BCUT2D eigenvalue weighted by Crippen LogP contribution is 2.16. The summed E-state index contributed by atoms with van der Waals surface area (Å²) in [6, 6.07) is 0. The number of aldehydes is 1. The predicted molar refractivity (Wildman–Crippen MR) is 31.2 cm³/mol. The van der Waals surface area contributed by atoms with Gasteiger partial charge in [-0.25, -0.2) is 0 Å². The van der Waals surface area contributed by atoms with Crippen molar-refractivity contribution in [2.75, 3.05) is 0 Å². The number of carbonyl (C=O) groups is 2. The molecule has 4 heteroatoms. The maximum Gasteiger partial charge on any atom is 0.308 e. The summed E-state index contributed by atoms with van der Waals surface area (Å²) in [4.78, 5) is 20.4. The Morgan fingerprint density at radius 2 is 2.50 bits per heavy atom. The van der Waals surface area contributed by atoms with Gasteiger partial charge in [-0.3, -0.25) is 4.79 Å².